The Morgan fingerprint density at radius 2 is 2.08 bits per heavy atom. The van der Waals surface area contributed by atoms with Crippen molar-refractivity contribution in [1.82, 2.24) is 0 Å². The van der Waals surface area contributed by atoms with E-state index >= 15 is 0 Å². The topological polar surface area (TPSA) is 84.9 Å². The minimum absolute atomic E-state index is 0.321. The summed E-state index contributed by atoms with van der Waals surface area (Å²) in [6, 6.07) is -2.35. The van der Waals surface area contributed by atoms with Crippen LogP contribution in [0, 0.1) is 9.81 Å². The van der Waals surface area contributed by atoms with E-state index in [9.17, 15) is 14.2 Å². The van der Waals surface area contributed by atoms with Crippen molar-refractivity contribution < 1.29 is 4.39 Å². The van der Waals surface area contributed by atoms with Crippen LogP contribution in [0.1, 0.15) is 6.92 Å². The van der Waals surface area contributed by atoms with Gasteiger partial charge in [0.25, 0.3) is 0 Å². The van der Waals surface area contributed by atoms with Gasteiger partial charge in [0.1, 0.15) is 12.2 Å². The first kappa shape index (κ1) is 10.8. The highest BCUT2D eigenvalue weighted by molar-refractivity contribution is 5.06. The molecule has 12 heavy (non-hydrogen) atoms. The van der Waals surface area contributed by atoms with Crippen LogP contribution in [0.3, 0.4) is 0 Å². The summed E-state index contributed by atoms with van der Waals surface area (Å²) in [6.07, 6.45) is -1.72. The van der Waals surface area contributed by atoms with E-state index in [2.05, 4.69) is 16.9 Å². The molecule has 0 unspecified atom stereocenters. The van der Waals surface area contributed by atoms with E-state index < -0.39 is 18.3 Å². The lowest BCUT2D eigenvalue weighted by molar-refractivity contribution is 0.263. The van der Waals surface area contributed by atoms with Crippen LogP contribution in [0.15, 0.2) is 22.6 Å². The van der Waals surface area contributed by atoms with Crippen molar-refractivity contribution >= 4 is 0 Å². The number of nitroso groups, excluding NO2 is 2. The molecule has 0 radical (unpaired) electrons. The van der Waals surface area contributed by atoms with Gasteiger partial charge in [0.05, 0.1) is 11.7 Å². The average molecular weight is 175 g/mol. The number of hydrogen-bond donors (Lipinski definition) is 1. The number of halogens is 1. The molecule has 2 N–H and O–H groups in total. The van der Waals surface area contributed by atoms with Gasteiger partial charge in [0, 0.05) is 0 Å². The first-order chi connectivity index (χ1) is 5.54. The van der Waals surface area contributed by atoms with Crippen LogP contribution in [0.2, 0.25) is 0 Å². The Morgan fingerprint density at radius 3 is 2.42 bits per heavy atom. The second-order valence-corrected chi connectivity index (χ2v) is 2.40. The van der Waals surface area contributed by atoms with Gasteiger partial charge < -0.3 is 5.73 Å². The first-order valence-electron chi connectivity index (χ1n) is 3.28. The van der Waals surface area contributed by atoms with Crippen LogP contribution in [0.25, 0.3) is 0 Å². The minimum Gasteiger partial charge on any atom is -0.320 e. The van der Waals surface area contributed by atoms with Gasteiger partial charge in [-0.15, -0.1) is 4.91 Å². The fourth-order valence-electron chi connectivity index (χ4n) is 0.603. The van der Waals surface area contributed by atoms with Crippen LogP contribution < -0.4 is 5.73 Å². The molecule has 0 rings (SSSR count). The Bertz CT molecular complexity index is 197. The maximum Gasteiger partial charge on any atom is 0.146 e. The maximum absolute atomic E-state index is 12.9. The fourth-order valence-corrected chi connectivity index (χ4v) is 0.603. The van der Waals surface area contributed by atoms with E-state index in [1.165, 1.54) is 6.92 Å². The van der Waals surface area contributed by atoms with Crippen LogP contribution in [0.4, 0.5) is 4.39 Å². The number of hydrogen-bond acceptors (Lipinski definition) is 5. The number of nitrogens with two attached hydrogens (primary N) is 1. The molecule has 0 heterocycles. The lowest BCUT2D eigenvalue weighted by Gasteiger charge is -2.15. The summed E-state index contributed by atoms with van der Waals surface area (Å²) >= 11 is 0. The van der Waals surface area contributed by atoms with Gasteiger partial charge in [0.15, 0.2) is 0 Å². The number of alkyl halides is 1. The summed E-state index contributed by atoms with van der Waals surface area (Å²) in [5, 5.41) is 4.81. The molecule has 68 valence electrons. The normalized spacial score (nSPS) is 17.6. The molecule has 0 aromatic carbocycles. The van der Waals surface area contributed by atoms with Crippen LogP contribution in [-0.4, -0.2) is 18.3 Å². The van der Waals surface area contributed by atoms with Crippen molar-refractivity contribution in [3.05, 3.63) is 22.1 Å². The zero-order chi connectivity index (χ0) is 9.72. The summed E-state index contributed by atoms with van der Waals surface area (Å²) in [5.74, 6) is 0. The first-order valence-corrected chi connectivity index (χ1v) is 3.28. The molecular formula is C6H10FN3O2. The van der Waals surface area contributed by atoms with Crippen molar-refractivity contribution in [2.24, 2.45) is 16.1 Å². The summed E-state index contributed by atoms with van der Waals surface area (Å²) in [7, 11) is 0. The van der Waals surface area contributed by atoms with Gasteiger partial charge in [0.2, 0.25) is 0 Å². The van der Waals surface area contributed by atoms with Gasteiger partial charge in [-0.1, -0.05) is 11.8 Å². The van der Waals surface area contributed by atoms with E-state index in [1.807, 2.05) is 0 Å². The Labute approximate surface area is 68.8 Å². The van der Waals surface area contributed by atoms with Crippen molar-refractivity contribution in [2.45, 2.75) is 25.2 Å². The molecule has 0 aliphatic heterocycles. The Hall–Kier alpha value is -1.17. The summed E-state index contributed by atoms with van der Waals surface area (Å²) in [6.45, 7) is 4.38. The highest BCUT2D eigenvalue weighted by atomic mass is 19.1. The second kappa shape index (κ2) is 4.66. The summed E-state index contributed by atoms with van der Waals surface area (Å²) in [4.78, 5) is 19.7. The predicted octanol–water partition coefficient (Wildman–Crippen LogP) is 1.09. The smallest absolute Gasteiger partial charge is 0.146 e. The third-order valence-corrected chi connectivity index (χ3v) is 1.47. The van der Waals surface area contributed by atoms with Crippen molar-refractivity contribution in [1.29, 1.82) is 0 Å². The van der Waals surface area contributed by atoms with Crippen LogP contribution in [0.5, 0.6) is 0 Å². The zero-order valence-corrected chi connectivity index (χ0v) is 6.61. The molecule has 5 nitrogen and oxygen atoms in total. The maximum atomic E-state index is 12.9. The minimum atomic E-state index is -1.72. The second-order valence-electron chi connectivity index (χ2n) is 2.40. The Kier molecular flexibility index (Phi) is 4.20. The number of nitrogens with zero attached hydrogens (tertiary/aromatic N) is 2. The lowest BCUT2D eigenvalue weighted by Crippen LogP contribution is -2.38. The van der Waals surface area contributed by atoms with E-state index in [-0.39, 0.29) is 5.70 Å². The molecule has 0 saturated carbocycles. The molecule has 0 amide bonds. The lowest BCUT2D eigenvalue weighted by atomic mass is 10.1. The molecule has 0 aromatic heterocycles. The Morgan fingerprint density at radius 1 is 1.58 bits per heavy atom. The highest BCUT2D eigenvalue weighted by Gasteiger charge is 2.27. The molecule has 6 heteroatoms. The predicted molar refractivity (Wildman–Crippen MR) is 43.1 cm³/mol. The third kappa shape index (κ3) is 2.46. The van der Waals surface area contributed by atoms with Crippen molar-refractivity contribution in [2.75, 3.05) is 0 Å². The molecule has 0 aromatic rings. The molecular weight excluding hydrogens is 165 g/mol. The zero-order valence-electron chi connectivity index (χ0n) is 6.61. The molecule has 0 fully saturated rings. The standard InChI is InChI=1S/C6H10FN3O2/c1-3(9-11)5(7)6(8)4(2)10-12/h3,5-6H,2,8H2,1H3/t3-,5-,6+/m0/s1. The van der Waals surface area contributed by atoms with Gasteiger partial charge in [-0.3, -0.25) is 0 Å². The monoisotopic (exact) mass is 175 g/mol. The van der Waals surface area contributed by atoms with Gasteiger partial charge in [-0.05, 0) is 12.1 Å². The van der Waals surface area contributed by atoms with Crippen molar-refractivity contribution in [3.8, 4) is 0 Å². The molecule has 0 bridgehead atoms. The molecule has 0 aliphatic carbocycles. The van der Waals surface area contributed by atoms with Gasteiger partial charge in [-0.25, -0.2) is 4.39 Å². The van der Waals surface area contributed by atoms with Gasteiger partial charge in [-0.2, -0.15) is 4.91 Å². The summed E-state index contributed by atoms with van der Waals surface area (Å²) < 4.78 is 12.9. The van der Waals surface area contributed by atoms with Crippen LogP contribution >= 0.6 is 0 Å². The average Bonchev–Trinajstić information content (AvgIpc) is 2.12. The fraction of sp³-hybridized carbons (Fsp3) is 0.667. The molecule has 0 aliphatic rings. The molecule has 3 atom stereocenters. The van der Waals surface area contributed by atoms with Gasteiger partial charge >= 0.3 is 0 Å². The van der Waals surface area contributed by atoms with Crippen LogP contribution in [-0.2, 0) is 0 Å². The van der Waals surface area contributed by atoms with E-state index in [0.717, 1.165) is 0 Å². The van der Waals surface area contributed by atoms with E-state index in [4.69, 9.17) is 5.73 Å². The third-order valence-electron chi connectivity index (χ3n) is 1.47. The van der Waals surface area contributed by atoms with E-state index in [1.54, 1.807) is 0 Å². The summed E-state index contributed by atoms with van der Waals surface area (Å²) in [5.41, 5.74) is 4.86. The highest BCUT2D eigenvalue weighted by Crippen LogP contribution is 2.12. The quantitative estimate of drug-likeness (QED) is 0.634. The largest absolute Gasteiger partial charge is 0.320 e. The Balaban J connectivity index is 4.26. The number of rotatable bonds is 5. The SMILES string of the molecule is C=C(N=O)[C@@H](N)[C@@H](F)[C@H](C)N=O. The van der Waals surface area contributed by atoms with Crippen molar-refractivity contribution in [3.63, 3.8) is 0 Å². The van der Waals surface area contributed by atoms with E-state index in [0.29, 0.717) is 0 Å². The molecule has 0 spiro atoms. The molecule has 0 saturated heterocycles.